The molecule has 0 aliphatic heterocycles. The van der Waals surface area contributed by atoms with Crippen LogP contribution < -0.4 is 4.90 Å². The van der Waals surface area contributed by atoms with E-state index in [-0.39, 0.29) is 0 Å². The van der Waals surface area contributed by atoms with Crippen molar-refractivity contribution in [2.45, 2.75) is 19.8 Å². The van der Waals surface area contributed by atoms with Gasteiger partial charge in [0.1, 0.15) is 0 Å². The molecule has 0 fully saturated rings. The number of anilines is 3. The summed E-state index contributed by atoms with van der Waals surface area (Å²) < 4.78 is 0. The molecule has 1 nitrogen and oxygen atoms in total. The molecule has 0 saturated heterocycles. The molecule has 0 radical (unpaired) electrons. The first-order valence-electron chi connectivity index (χ1n) is 16.9. The third-order valence-corrected chi connectivity index (χ3v) is 9.91. The lowest BCUT2D eigenvalue weighted by Crippen LogP contribution is -2.10. The lowest BCUT2D eigenvalue weighted by Gasteiger charge is -2.28. The number of nitrogens with zero attached hydrogens (tertiary/aromatic N) is 1. The monoisotopic (exact) mass is 613 g/mol. The maximum absolute atomic E-state index is 2.40. The van der Waals surface area contributed by atoms with Gasteiger partial charge in [0.15, 0.2) is 0 Å². The van der Waals surface area contributed by atoms with Crippen molar-refractivity contribution in [1.82, 2.24) is 0 Å². The van der Waals surface area contributed by atoms with E-state index in [1.165, 1.54) is 71.6 Å². The molecule has 0 heterocycles. The van der Waals surface area contributed by atoms with E-state index >= 15 is 0 Å². The van der Waals surface area contributed by atoms with E-state index in [0.29, 0.717) is 5.92 Å². The Bertz CT molecular complexity index is 2440. The van der Waals surface area contributed by atoms with E-state index in [2.05, 4.69) is 189 Å². The van der Waals surface area contributed by atoms with E-state index in [4.69, 9.17) is 0 Å². The zero-order valence-electron chi connectivity index (χ0n) is 27.2. The molecule has 8 aromatic rings. The van der Waals surface area contributed by atoms with Crippen molar-refractivity contribution >= 4 is 38.6 Å². The van der Waals surface area contributed by atoms with Gasteiger partial charge in [-0.25, -0.2) is 0 Å². The van der Waals surface area contributed by atoms with Crippen LogP contribution in [0.5, 0.6) is 0 Å². The Morgan fingerprint density at radius 2 is 0.729 bits per heavy atom. The number of benzene rings is 8. The van der Waals surface area contributed by atoms with Crippen LogP contribution in [0.25, 0.3) is 66.1 Å². The Labute approximate surface area is 282 Å². The molecule has 0 unspecified atom stereocenters. The van der Waals surface area contributed by atoms with Crippen molar-refractivity contribution in [3.63, 3.8) is 0 Å². The summed E-state index contributed by atoms with van der Waals surface area (Å²) >= 11 is 0. The highest BCUT2D eigenvalue weighted by Crippen LogP contribution is 2.51. The largest absolute Gasteiger partial charge is 0.310 e. The van der Waals surface area contributed by atoms with Crippen LogP contribution in [0.15, 0.2) is 170 Å². The number of hydrogen-bond donors (Lipinski definition) is 0. The number of hydrogen-bond acceptors (Lipinski definition) is 1. The van der Waals surface area contributed by atoms with E-state index in [1.807, 2.05) is 0 Å². The molecule has 48 heavy (non-hydrogen) atoms. The summed E-state index contributed by atoms with van der Waals surface area (Å²) in [5.41, 5.74) is 15.2. The van der Waals surface area contributed by atoms with E-state index in [1.54, 1.807) is 0 Å². The second-order valence-corrected chi connectivity index (χ2v) is 13.2. The van der Waals surface area contributed by atoms with Gasteiger partial charge in [0, 0.05) is 17.1 Å². The average Bonchev–Trinajstić information content (AvgIpc) is 3.14. The molecule has 1 aliphatic carbocycles. The minimum absolute atomic E-state index is 0.499. The lowest BCUT2D eigenvalue weighted by atomic mass is 9.77. The zero-order valence-corrected chi connectivity index (χ0v) is 27.2. The van der Waals surface area contributed by atoms with Crippen molar-refractivity contribution in [2.24, 2.45) is 0 Å². The lowest BCUT2D eigenvalue weighted by molar-refractivity contribution is 0.866. The first-order valence-corrected chi connectivity index (χ1v) is 16.9. The Kier molecular flexibility index (Phi) is 6.73. The molecular formula is C47H35N. The Morgan fingerprint density at radius 3 is 1.23 bits per heavy atom. The minimum Gasteiger partial charge on any atom is -0.310 e. The van der Waals surface area contributed by atoms with Gasteiger partial charge in [-0.15, -0.1) is 0 Å². The third-order valence-electron chi connectivity index (χ3n) is 9.91. The van der Waals surface area contributed by atoms with Crippen LogP contribution in [0.3, 0.4) is 0 Å². The van der Waals surface area contributed by atoms with Crippen LogP contribution in [-0.4, -0.2) is 0 Å². The molecule has 1 heteroatoms. The zero-order chi connectivity index (χ0) is 32.2. The van der Waals surface area contributed by atoms with Crippen molar-refractivity contribution in [3.05, 3.63) is 175 Å². The third kappa shape index (κ3) is 4.79. The first kappa shape index (κ1) is 28.3. The second kappa shape index (κ2) is 11.4. The van der Waals surface area contributed by atoms with Crippen molar-refractivity contribution < 1.29 is 0 Å². The molecule has 8 aromatic carbocycles. The average molecular weight is 614 g/mol. The Morgan fingerprint density at radius 1 is 0.333 bits per heavy atom. The summed E-state index contributed by atoms with van der Waals surface area (Å²) in [5.74, 6) is 0.499. The highest BCUT2D eigenvalue weighted by molar-refractivity contribution is 6.13. The van der Waals surface area contributed by atoms with Crippen LogP contribution in [0, 0.1) is 0 Å². The molecule has 0 amide bonds. The van der Waals surface area contributed by atoms with E-state index < -0.39 is 0 Å². The van der Waals surface area contributed by atoms with Gasteiger partial charge < -0.3 is 4.90 Å². The Hall–Kier alpha value is -5.92. The van der Waals surface area contributed by atoms with Gasteiger partial charge in [-0.2, -0.15) is 0 Å². The first-order chi connectivity index (χ1) is 23.6. The van der Waals surface area contributed by atoms with Gasteiger partial charge in [0.25, 0.3) is 0 Å². The second-order valence-electron chi connectivity index (χ2n) is 13.2. The van der Waals surface area contributed by atoms with Crippen molar-refractivity contribution in [1.29, 1.82) is 0 Å². The fraction of sp³-hybridized carbons (Fsp3) is 0.0638. The summed E-state index contributed by atoms with van der Waals surface area (Å²) in [5, 5.41) is 5.05. The molecule has 0 N–H and O–H groups in total. The molecule has 0 saturated carbocycles. The number of rotatable bonds is 6. The maximum atomic E-state index is 2.40. The highest BCUT2D eigenvalue weighted by atomic mass is 15.1. The standard InChI is InChI=1S/C47H35N/c1-31(2)32-18-21-40(22-19-32)48(39-16-10-5-11-17-39)41-23-20-35-25-44-45(28-36(35)24-41)47-30-38-27-43(34-14-8-4-9-15-34)42(26-37(38)29-46(44)47)33-12-6-3-7-13-33/h3-31H,1-2H3. The maximum Gasteiger partial charge on any atom is 0.0468 e. The molecule has 0 atom stereocenters. The SMILES string of the molecule is CC(C)c1ccc(N(c2ccccc2)c2ccc3cc4c(cc3c2)-c2cc3cc(-c5ccccc5)c(-c5ccccc5)cc3cc2-4)cc1. The van der Waals surface area contributed by atoms with Gasteiger partial charge in [0.2, 0.25) is 0 Å². The van der Waals surface area contributed by atoms with Gasteiger partial charge in [0.05, 0.1) is 0 Å². The molecule has 0 aromatic heterocycles. The van der Waals surface area contributed by atoms with Crippen LogP contribution >= 0.6 is 0 Å². The van der Waals surface area contributed by atoms with Gasteiger partial charge in [-0.1, -0.05) is 111 Å². The van der Waals surface area contributed by atoms with Crippen molar-refractivity contribution in [2.75, 3.05) is 4.90 Å². The van der Waals surface area contributed by atoms with Crippen LogP contribution in [0.1, 0.15) is 25.3 Å². The molecule has 9 rings (SSSR count). The predicted octanol–water partition coefficient (Wildman–Crippen LogP) is 13.6. The van der Waals surface area contributed by atoms with E-state index in [0.717, 1.165) is 17.1 Å². The van der Waals surface area contributed by atoms with Crippen LogP contribution in [0.4, 0.5) is 17.1 Å². The summed E-state index contributed by atoms with van der Waals surface area (Å²) in [6.07, 6.45) is 0. The quantitative estimate of drug-likeness (QED) is 0.180. The van der Waals surface area contributed by atoms with Gasteiger partial charge >= 0.3 is 0 Å². The molecule has 0 spiro atoms. The molecular weight excluding hydrogens is 579 g/mol. The summed E-state index contributed by atoms with van der Waals surface area (Å²) in [6, 6.07) is 62.4. The Balaban J connectivity index is 1.15. The topological polar surface area (TPSA) is 3.24 Å². The predicted molar refractivity (Wildman–Crippen MR) is 206 cm³/mol. The fourth-order valence-corrected chi connectivity index (χ4v) is 7.35. The van der Waals surface area contributed by atoms with Gasteiger partial charge in [-0.3, -0.25) is 0 Å². The smallest absolute Gasteiger partial charge is 0.0468 e. The summed E-state index contributed by atoms with van der Waals surface area (Å²) in [6.45, 7) is 4.49. The fourth-order valence-electron chi connectivity index (χ4n) is 7.35. The van der Waals surface area contributed by atoms with Crippen molar-refractivity contribution in [3.8, 4) is 44.5 Å². The number of fused-ring (bicyclic) bond motifs is 6. The number of para-hydroxylation sites is 1. The highest BCUT2D eigenvalue weighted by Gasteiger charge is 2.25. The molecule has 0 bridgehead atoms. The summed E-state index contributed by atoms with van der Waals surface area (Å²) in [7, 11) is 0. The minimum atomic E-state index is 0.499. The van der Waals surface area contributed by atoms with Crippen LogP contribution in [0.2, 0.25) is 0 Å². The van der Waals surface area contributed by atoms with Gasteiger partial charge in [-0.05, 0) is 150 Å². The normalized spacial score (nSPS) is 11.7. The summed E-state index contributed by atoms with van der Waals surface area (Å²) in [4.78, 5) is 2.36. The van der Waals surface area contributed by atoms with Crippen LogP contribution in [-0.2, 0) is 0 Å². The molecule has 1 aliphatic rings. The molecule has 228 valence electrons. The van der Waals surface area contributed by atoms with E-state index in [9.17, 15) is 0 Å².